The Labute approximate surface area is 204 Å². The first-order valence-corrected chi connectivity index (χ1v) is 12.6. The van der Waals surface area contributed by atoms with Crippen LogP contribution in [-0.4, -0.2) is 62.5 Å². The predicted octanol–water partition coefficient (Wildman–Crippen LogP) is 1.58. The lowest BCUT2D eigenvalue weighted by atomic mass is 10.0. The highest BCUT2D eigenvalue weighted by molar-refractivity contribution is 7.89. The number of nitrogens with one attached hydrogen (secondary N) is 3. The third-order valence-corrected chi connectivity index (χ3v) is 7.79. The van der Waals surface area contributed by atoms with Crippen LogP contribution in [0.1, 0.15) is 24.0 Å². The Morgan fingerprint density at radius 1 is 1.00 bits per heavy atom. The average molecular weight is 498 g/mol. The van der Waals surface area contributed by atoms with Crippen molar-refractivity contribution >= 4 is 44.7 Å². The molecule has 2 aromatic carbocycles. The standard InChI is InChI=1S/C24H27N5O5S/c1-28-11-5-10-21(30)26-13-16-6-3-9-20-23(16)19(24(32)27-20)14-25-17-7-4-8-18(12-17)35(33,34)29(2)15-22(28)31/h3-4,6-9,12,14,25H,5,10-11,13,15H2,1-2H3,(H,26,30)(H,27,32)/b19-14-. The van der Waals surface area contributed by atoms with Gasteiger partial charge in [0.25, 0.3) is 5.91 Å². The maximum Gasteiger partial charge on any atom is 0.257 e. The van der Waals surface area contributed by atoms with Crippen LogP contribution in [0, 0.1) is 0 Å². The number of likely N-dealkylation sites (N-methyl/N-ethyl adjacent to an activating group) is 2. The van der Waals surface area contributed by atoms with Crippen LogP contribution in [0.3, 0.4) is 0 Å². The first-order valence-electron chi connectivity index (χ1n) is 11.1. The van der Waals surface area contributed by atoms with Crippen molar-refractivity contribution in [3.05, 3.63) is 59.8 Å². The quantitative estimate of drug-likeness (QED) is 0.507. The second-order valence-electron chi connectivity index (χ2n) is 8.48. The van der Waals surface area contributed by atoms with E-state index >= 15 is 0 Å². The number of carbonyl (C=O) groups is 3. The number of benzene rings is 2. The molecule has 0 saturated carbocycles. The van der Waals surface area contributed by atoms with Crippen molar-refractivity contribution in [2.45, 2.75) is 24.3 Å². The fourth-order valence-corrected chi connectivity index (χ4v) is 5.14. The van der Waals surface area contributed by atoms with E-state index in [-0.39, 0.29) is 42.1 Å². The number of fused-ring (bicyclic) bond motifs is 2. The van der Waals surface area contributed by atoms with Gasteiger partial charge in [-0.3, -0.25) is 14.4 Å². The van der Waals surface area contributed by atoms with E-state index in [1.54, 1.807) is 31.3 Å². The van der Waals surface area contributed by atoms with Crippen LogP contribution in [-0.2, 0) is 31.0 Å². The molecule has 2 aromatic rings. The van der Waals surface area contributed by atoms with E-state index < -0.39 is 10.0 Å². The highest BCUT2D eigenvalue weighted by Crippen LogP contribution is 2.34. The third-order valence-electron chi connectivity index (χ3n) is 6.00. The second-order valence-corrected chi connectivity index (χ2v) is 10.5. The molecule has 0 fully saturated rings. The Bertz CT molecular complexity index is 1320. The molecule has 0 aromatic heterocycles. The zero-order chi connectivity index (χ0) is 25.2. The van der Waals surface area contributed by atoms with Crippen molar-refractivity contribution in [2.75, 3.05) is 37.8 Å². The lowest BCUT2D eigenvalue weighted by Gasteiger charge is -2.22. The van der Waals surface area contributed by atoms with Gasteiger partial charge < -0.3 is 20.9 Å². The molecule has 35 heavy (non-hydrogen) atoms. The molecule has 2 heterocycles. The zero-order valence-electron chi connectivity index (χ0n) is 19.5. The summed E-state index contributed by atoms with van der Waals surface area (Å²) < 4.78 is 27.1. The van der Waals surface area contributed by atoms with Crippen molar-refractivity contribution in [2.24, 2.45) is 0 Å². The summed E-state index contributed by atoms with van der Waals surface area (Å²) in [6.45, 7) is 0.220. The smallest absolute Gasteiger partial charge is 0.257 e. The fraction of sp³-hybridized carbons (Fsp3) is 0.292. The number of hydrogen-bond acceptors (Lipinski definition) is 6. The number of rotatable bonds is 0. The molecule has 2 aliphatic heterocycles. The summed E-state index contributed by atoms with van der Waals surface area (Å²) >= 11 is 0. The average Bonchev–Trinajstić information content (AvgIpc) is 3.16. The van der Waals surface area contributed by atoms with Crippen LogP contribution >= 0.6 is 0 Å². The van der Waals surface area contributed by atoms with Gasteiger partial charge >= 0.3 is 0 Å². The molecule has 184 valence electrons. The van der Waals surface area contributed by atoms with Gasteiger partial charge in [-0.05, 0) is 36.2 Å². The molecule has 0 atom stereocenters. The Hall–Kier alpha value is -3.70. The van der Waals surface area contributed by atoms with Crippen molar-refractivity contribution < 1.29 is 22.8 Å². The minimum absolute atomic E-state index is 0.0172. The Balaban J connectivity index is 1.72. The SMILES string of the molecule is CN1CCCC(=O)NCc2cccc3c2/C(=C/Nc2cccc(c2)S(=O)(=O)N(C)CC1=O)C(=O)N3. The van der Waals surface area contributed by atoms with Gasteiger partial charge in [0.05, 0.1) is 17.0 Å². The molecule has 0 radical (unpaired) electrons. The highest BCUT2D eigenvalue weighted by Gasteiger charge is 2.28. The van der Waals surface area contributed by atoms with Gasteiger partial charge in [-0.15, -0.1) is 0 Å². The van der Waals surface area contributed by atoms with Gasteiger partial charge in [-0.25, -0.2) is 8.42 Å². The number of hydrogen-bond donors (Lipinski definition) is 3. The van der Waals surface area contributed by atoms with Crippen molar-refractivity contribution in [1.29, 1.82) is 0 Å². The molecular formula is C24H27N5O5S. The number of nitrogens with zero attached hydrogens (tertiary/aromatic N) is 2. The van der Waals surface area contributed by atoms with Crippen molar-refractivity contribution in [3.8, 4) is 0 Å². The van der Waals surface area contributed by atoms with E-state index in [4.69, 9.17) is 0 Å². The number of anilines is 2. The first kappa shape index (κ1) is 24.4. The van der Waals surface area contributed by atoms with Crippen LogP contribution < -0.4 is 16.0 Å². The molecule has 3 amide bonds. The summed E-state index contributed by atoms with van der Waals surface area (Å²) in [6, 6.07) is 11.6. The molecular weight excluding hydrogens is 470 g/mol. The summed E-state index contributed by atoms with van der Waals surface area (Å²) in [5, 5.41) is 8.71. The van der Waals surface area contributed by atoms with Gasteiger partial charge in [0.2, 0.25) is 21.8 Å². The Kier molecular flexibility index (Phi) is 6.90. The van der Waals surface area contributed by atoms with Gasteiger partial charge in [0.15, 0.2) is 0 Å². The van der Waals surface area contributed by atoms with Gasteiger partial charge in [-0.1, -0.05) is 18.2 Å². The third kappa shape index (κ3) is 5.20. The van der Waals surface area contributed by atoms with Crippen LogP contribution in [0.2, 0.25) is 0 Å². The monoisotopic (exact) mass is 497 g/mol. The van der Waals surface area contributed by atoms with Crippen molar-refractivity contribution in [1.82, 2.24) is 14.5 Å². The van der Waals surface area contributed by atoms with E-state index in [0.29, 0.717) is 35.5 Å². The van der Waals surface area contributed by atoms with E-state index in [1.165, 1.54) is 30.3 Å². The van der Waals surface area contributed by atoms with E-state index in [1.807, 2.05) is 6.07 Å². The molecule has 11 heteroatoms. The Morgan fingerprint density at radius 2 is 1.77 bits per heavy atom. The normalized spacial score (nSPS) is 20.8. The summed E-state index contributed by atoms with van der Waals surface area (Å²) in [4.78, 5) is 39.1. The lowest BCUT2D eigenvalue weighted by molar-refractivity contribution is -0.130. The second kappa shape index (κ2) is 9.88. The minimum Gasteiger partial charge on any atom is -0.361 e. The largest absolute Gasteiger partial charge is 0.361 e. The molecule has 10 nitrogen and oxygen atoms in total. The molecule has 3 N–H and O–H groups in total. The van der Waals surface area contributed by atoms with E-state index in [2.05, 4.69) is 16.0 Å². The maximum absolute atomic E-state index is 13.1. The van der Waals surface area contributed by atoms with Crippen LogP contribution in [0.15, 0.2) is 53.6 Å². The number of carbonyl (C=O) groups excluding carboxylic acids is 3. The topological polar surface area (TPSA) is 128 Å². The van der Waals surface area contributed by atoms with Gasteiger partial charge in [0.1, 0.15) is 0 Å². The van der Waals surface area contributed by atoms with E-state index in [0.717, 1.165) is 9.87 Å². The number of amides is 3. The van der Waals surface area contributed by atoms with Crippen LogP contribution in [0.4, 0.5) is 11.4 Å². The summed E-state index contributed by atoms with van der Waals surface area (Å²) in [6.07, 6.45) is 2.15. The van der Waals surface area contributed by atoms with E-state index in [9.17, 15) is 22.8 Å². The lowest BCUT2D eigenvalue weighted by Crippen LogP contribution is -2.39. The van der Waals surface area contributed by atoms with Crippen molar-refractivity contribution in [3.63, 3.8) is 0 Å². The van der Waals surface area contributed by atoms with Gasteiger partial charge in [-0.2, -0.15) is 4.31 Å². The molecule has 4 rings (SSSR count). The predicted molar refractivity (Wildman–Crippen MR) is 132 cm³/mol. The van der Waals surface area contributed by atoms with Crippen LogP contribution in [0.5, 0.6) is 0 Å². The minimum atomic E-state index is -3.94. The molecule has 0 saturated heterocycles. The maximum atomic E-state index is 13.1. The first-order chi connectivity index (χ1) is 16.7. The summed E-state index contributed by atoms with van der Waals surface area (Å²) in [5.74, 6) is -0.855. The zero-order valence-corrected chi connectivity index (χ0v) is 20.3. The molecule has 0 unspecified atom stereocenters. The van der Waals surface area contributed by atoms with Gasteiger partial charge in [0, 0.05) is 56.7 Å². The fourth-order valence-electron chi connectivity index (χ4n) is 3.97. The molecule has 2 bridgehead atoms. The Morgan fingerprint density at radius 3 is 2.57 bits per heavy atom. The van der Waals surface area contributed by atoms with Crippen LogP contribution in [0.25, 0.3) is 5.57 Å². The number of sulfonamides is 1. The summed E-state index contributed by atoms with van der Waals surface area (Å²) in [7, 11) is -1.01. The molecule has 0 spiro atoms. The molecule has 0 aliphatic carbocycles. The highest BCUT2D eigenvalue weighted by atomic mass is 32.2. The summed E-state index contributed by atoms with van der Waals surface area (Å²) in [5.41, 5.74) is 2.92. The molecule has 2 aliphatic rings.